The average molecular weight is 309 g/mol. The van der Waals surface area contributed by atoms with Crippen molar-refractivity contribution >= 4 is 17.3 Å². The highest BCUT2D eigenvalue weighted by Crippen LogP contribution is 2.17. The molecule has 1 aliphatic heterocycles. The zero-order chi connectivity index (χ0) is 16.1. The van der Waals surface area contributed by atoms with Crippen molar-refractivity contribution in [3.8, 4) is 0 Å². The van der Waals surface area contributed by atoms with Gasteiger partial charge >= 0.3 is 0 Å². The van der Waals surface area contributed by atoms with Gasteiger partial charge in [-0.15, -0.1) is 0 Å². The average Bonchev–Trinajstić information content (AvgIpc) is 2.63. The Bertz CT molecular complexity index is 622. The van der Waals surface area contributed by atoms with Gasteiger partial charge in [0.1, 0.15) is 0 Å². The third-order valence-corrected chi connectivity index (χ3v) is 4.40. The molecule has 2 aromatic carbocycles. The zero-order valence-electron chi connectivity index (χ0n) is 13.5. The smallest absolute Gasteiger partial charge is 0.241 e. The van der Waals surface area contributed by atoms with Crippen molar-refractivity contribution in [1.29, 1.82) is 0 Å². The van der Waals surface area contributed by atoms with Gasteiger partial charge in [0.25, 0.3) is 0 Å². The zero-order valence-corrected chi connectivity index (χ0v) is 13.5. The van der Waals surface area contributed by atoms with Crippen molar-refractivity contribution in [3.63, 3.8) is 0 Å². The van der Waals surface area contributed by atoms with Gasteiger partial charge in [0.15, 0.2) is 0 Å². The highest BCUT2D eigenvalue weighted by Gasteiger charge is 2.25. The summed E-state index contributed by atoms with van der Waals surface area (Å²) in [6.07, 6.45) is 0. The highest BCUT2D eigenvalue weighted by atomic mass is 16.2. The van der Waals surface area contributed by atoms with E-state index in [2.05, 4.69) is 39.4 Å². The van der Waals surface area contributed by atoms with Crippen LogP contribution in [-0.2, 0) is 4.79 Å². The summed E-state index contributed by atoms with van der Waals surface area (Å²) in [7, 11) is 0. The second-order valence-electron chi connectivity index (χ2n) is 5.89. The number of carbonyl (C=O) groups is 1. The Hall–Kier alpha value is -2.33. The van der Waals surface area contributed by atoms with Crippen molar-refractivity contribution in [1.82, 2.24) is 4.90 Å². The maximum absolute atomic E-state index is 12.4. The van der Waals surface area contributed by atoms with Crippen molar-refractivity contribution in [3.05, 3.63) is 60.7 Å². The summed E-state index contributed by atoms with van der Waals surface area (Å²) >= 11 is 0. The van der Waals surface area contributed by atoms with E-state index in [0.717, 1.165) is 31.9 Å². The third kappa shape index (κ3) is 3.90. The molecule has 1 N–H and O–H groups in total. The van der Waals surface area contributed by atoms with Gasteiger partial charge in [0.2, 0.25) is 5.91 Å². The number of benzene rings is 2. The Labute approximate surface area is 137 Å². The number of para-hydroxylation sites is 2. The number of piperazine rings is 1. The van der Waals surface area contributed by atoms with Crippen LogP contribution in [-0.4, -0.2) is 43.0 Å². The van der Waals surface area contributed by atoms with Crippen molar-refractivity contribution in [2.45, 2.75) is 13.0 Å². The number of nitrogens with zero attached hydrogens (tertiary/aromatic N) is 2. The summed E-state index contributed by atoms with van der Waals surface area (Å²) in [5.74, 6) is 0.0596. The van der Waals surface area contributed by atoms with E-state index in [0.29, 0.717) is 0 Å². The lowest BCUT2D eigenvalue weighted by molar-refractivity contribution is -0.120. The van der Waals surface area contributed by atoms with Crippen molar-refractivity contribution in [2.75, 3.05) is 36.4 Å². The predicted molar refractivity (Wildman–Crippen MR) is 94.8 cm³/mol. The summed E-state index contributed by atoms with van der Waals surface area (Å²) < 4.78 is 0. The standard InChI is InChI=1S/C19H23N3O/c1-16(19(23)20-17-8-4-2-5-9-17)21-12-14-22(15-13-21)18-10-6-3-7-11-18/h2-11,16H,12-15H2,1H3,(H,20,23). The van der Waals surface area contributed by atoms with Crippen LogP contribution in [0, 0.1) is 0 Å². The molecule has 1 amide bonds. The summed E-state index contributed by atoms with van der Waals surface area (Å²) in [5, 5.41) is 2.99. The number of rotatable bonds is 4. The molecule has 0 aliphatic carbocycles. The fraction of sp³-hybridized carbons (Fsp3) is 0.316. The molecule has 0 bridgehead atoms. The molecule has 1 atom stereocenters. The maximum Gasteiger partial charge on any atom is 0.241 e. The number of hydrogen-bond acceptors (Lipinski definition) is 3. The molecule has 23 heavy (non-hydrogen) atoms. The lowest BCUT2D eigenvalue weighted by Gasteiger charge is -2.38. The Morgan fingerprint density at radius 2 is 1.48 bits per heavy atom. The maximum atomic E-state index is 12.4. The van der Waals surface area contributed by atoms with Crippen LogP contribution in [0.15, 0.2) is 60.7 Å². The van der Waals surface area contributed by atoms with Gasteiger partial charge in [-0.1, -0.05) is 36.4 Å². The quantitative estimate of drug-likeness (QED) is 0.943. The third-order valence-electron chi connectivity index (χ3n) is 4.40. The van der Waals surface area contributed by atoms with Crippen molar-refractivity contribution in [2.24, 2.45) is 0 Å². The van der Waals surface area contributed by atoms with E-state index in [1.807, 2.05) is 43.3 Å². The minimum Gasteiger partial charge on any atom is -0.369 e. The molecule has 0 radical (unpaired) electrons. The summed E-state index contributed by atoms with van der Waals surface area (Å²) in [4.78, 5) is 17.0. The number of nitrogens with one attached hydrogen (secondary N) is 1. The molecule has 1 fully saturated rings. The number of amides is 1. The number of anilines is 2. The van der Waals surface area contributed by atoms with Gasteiger partial charge < -0.3 is 10.2 Å². The van der Waals surface area contributed by atoms with Crippen molar-refractivity contribution < 1.29 is 4.79 Å². The van der Waals surface area contributed by atoms with E-state index >= 15 is 0 Å². The molecule has 1 unspecified atom stereocenters. The SMILES string of the molecule is CC(C(=O)Nc1ccccc1)N1CCN(c2ccccc2)CC1. The largest absolute Gasteiger partial charge is 0.369 e. The van der Waals surface area contributed by atoms with E-state index in [1.54, 1.807) is 0 Å². The Balaban J connectivity index is 1.53. The van der Waals surface area contributed by atoms with Gasteiger partial charge in [-0.3, -0.25) is 9.69 Å². The van der Waals surface area contributed by atoms with Crippen LogP contribution in [0.1, 0.15) is 6.92 Å². The van der Waals surface area contributed by atoms with Crippen LogP contribution in [0.25, 0.3) is 0 Å². The van der Waals surface area contributed by atoms with Gasteiger partial charge in [-0.2, -0.15) is 0 Å². The molecular weight excluding hydrogens is 286 g/mol. The van der Waals surface area contributed by atoms with Gasteiger partial charge in [0.05, 0.1) is 6.04 Å². The molecule has 120 valence electrons. The Morgan fingerprint density at radius 1 is 0.913 bits per heavy atom. The van der Waals surface area contributed by atoms with Gasteiger partial charge in [-0.05, 0) is 31.2 Å². The fourth-order valence-corrected chi connectivity index (χ4v) is 2.94. The first-order valence-corrected chi connectivity index (χ1v) is 8.14. The molecule has 2 aromatic rings. The normalized spacial score (nSPS) is 16.8. The summed E-state index contributed by atoms with van der Waals surface area (Å²) in [6, 6.07) is 20.0. The summed E-state index contributed by atoms with van der Waals surface area (Å²) in [6.45, 7) is 5.69. The second-order valence-corrected chi connectivity index (χ2v) is 5.89. The number of hydrogen-bond donors (Lipinski definition) is 1. The lowest BCUT2D eigenvalue weighted by atomic mass is 10.2. The molecule has 3 rings (SSSR count). The molecule has 4 nitrogen and oxygen atoms in total. The highest BCUT2D eigenvalue weighted by molar-refractivity contribution is 5.94. The molecular formula is C19H23N3O. The topological polar surface area (TPSA) is 35.6 Å². The molecule has 1 saturated heterocycles. The molecule has 0 spiro atoms. The van der Waals surface area contributed by atoms with Crippen LogP contribution in [0.4, 0.5) is 11.4 Å². The molecule has 0 aromatic heterocycles. The van der Waals surface area contributed by atoms with E-state index in [9.17, 15) is 4.79 Å². The van der Waals surface area contributed by atoms with Gasteiger partial charge in [0, 0.05) is 37.6 Å². The lowest BCUT2D eigenvalue weighted by Crippen LogP contribution is -2.52. The van der Waals surface area contributed by atoms with Crippen LogP contribution in [0.2, 0.25) is 0 Å². The van der Waals surface area contributed by atoms with E-state index in [-0.39, 0.29) is 11.9 Å². The first-order valence-electron chi connectivity index (χ1n) is 8.14. The molecule has 0 saturated carbocycles. The first-order chi connectivity index (χ1) is 11.2. The second kappa shape index (κ2) is 7.29. The van der Waals surface area contributed by atoms with E-state index in [4.69, 9.17) is 0 Å². The van der Waals surface area contributed by atoms with Gasteiger partial charge in [-0.25, -0.2) is 0 Å². The molecule has 1 heterocycles. The van der Waals surface area contributed by atoms with Crippen LogP contribution < -0.4 is 10.2 Å². The Morgan fingerprint density at radius 3 is 2.09 bits per heavy atom. The molecule has 4 heteroatoms. The van der Waals surface area contributed by atoms with Crippen LogP contribution in [0.5, 0.6) is 0 Å². The predicted octanol–water partition coefficient (Wildman–Crippen LogP) is 2.84. The monoisotopic (exact) mass is 309 g/mol. The van der Waals surface area contributed by atoms with E-state index in [1.165, 1.54) is 5.69 Å². The van der Waals surface area contributed by atoms with E-state index < -0.39 is 0 Å². The minimum absolute atomic E-state index is 0.0596. The first kappa shape index (κ1) is 15.6. The van der Waals surface area contributed by atoms with Crippen LogP contribution in [0.3, 0.4) is 0 Å². The number of carbonyl (C=O) groups excluding carboxylic acids is 1. The Kier molecular flexibility index (Phi) is 4.93. The summed E-state index contributed by atoms with van der Waals surface area (Å²) in [5.41, 5.74) is 2.11. The van der Waals surface area contributed by atoms with Crippen LogP contribution >= 0.6 is 0 Å². The minimum atomic E-state index is -0.117. The molecule has 1 aliphatic rings. The fourth-order valence-electron chi connectivity index (χ4n) is 2.94.